The predicted octanol–water partition coefficient (Wildman–Crippen LogP) is 3.09. The zero-order valence-corrected chi connectivity index (χ0v) is 12.1. The van der Waals surface area contributed by atoms with Crippen LogP contribution in [0.25, 0.3) is 0 Å². The second kappa shape index (κ2) is 6.24. The van der Waals surface area contributed by atoms with Gasteiger partial charge in [-0.1, -0.05) is 24.9 Å². The Hall–Kier alpha value is -1.29. The Morgan fingerprint density at radius 1 is 1.47 bits per heavy atom. The lowest BCUT2D eigenvalue weighted by Crippen LogP contribution is -2.28. The number of rotatable bonds is 6. The van der Waals surface area contributed by atoms with E-state index in [1.54, 1.807) is 12.1 Å². The molecule has 0 spiro atoms. The highest BCUT2D eigenvalue weighted by molar-refractivity contribution is 6.33. The average molecular weight is 282 g/mol. The lowest BCUT2D eigenvalue weighted by molar-refractivity contribution is 0.0944. The van der Waals surface area contributed by atoms with Crippen molar-refractivity contribution in [1.29, 1.82) is 0 Å². The maximum absolute atomic E-state index is 12.1. The second-order valence-corrected chi connectivity index (χ2v) is 5.33. The van der Waals surface area contributed by atoms with Gasteiger partial charge < -0.3 is 10.6 Å². The van der Waals surface area contributed by atoms with Gasteiger partial charge in [0.1, 0.15) is 11.5 Å². The van der Waals surface area contributed by atoms with Gasteiger partial charge in [0.05, 0.1) is 5.02 Å². The monoisotopic (exact) mass is 281 g/mol. The average Bonchev–Trinajstić information content (AvgIpc) is 3.10. The maximum Gasteiger partial charge on any atom is 0.271 e. The Morgan fingerprint density at radius 3 is 2.95 bits per heavy atom. The van der Waals surface area contributed by atoms with Gasteiger partial charge in [-0.05, 0) is 37.8 Å². The molecule has 1 aliphatic rings. The van der Waals surface area contributed by atoms with E-state index < -0.39 is 0 Å². The molecule has 4 nitrogen and oxygen atoms in total. The lowest BCUT2D eigenvalue weighted by Gasteiger charge is -2.08. The van der Waals surface area contributed by atoms with Crippen LogP contribution < -0.4 is 10.6 Å². The summed E-state index contributed by atoms with van der Waals surface area (Å²) in [7, 11) is 0. The topological polar surface area (TPSA) is 54.0 Å². The van der Waals surface area contributed by atoms with Gasteiger partial charge in [0, 0.05) is 12.6 Å². The number of amides is 1. The fourth-order valence-electron chi connectivity index (χ4n) is 2.23. The van der Waals surface area contributed by atoms with Crippen molar-refractivity contribution in [1.82, 2.24) is 10.3 Å². The highest BCUT2D eigenvalue weighted by Gasteiger charge is 2.37. The van der Waals surface area contributed by atoms with Crippen molar-refractivity contribution in [2.75, 3.05) is 11.9 Å². The summed E-state index contributed by atoms with van der Waals surface area (Å²) in [4.78, 5) is 16.4. The van der Waals surface area contributed by atoms with Crippen molar-refractivity contribution in [3.8, 4) is 0 Å². The summed E-state index contributed by atoms with van der Waals surface area (Å²) in [6.45, 7) is 4.90. The molecule has 1 fully saturated rings. The van der Waals surface area contributed by atoms with Gasteiger partial charge in [-0.2, -0.15) is 0 Å². The molecular weight excluding hydrogens is 262 g/mol. The molecule has 1 saturated carbocycles. The third-order valence-corrected chi connectivity index (χ3v) is 3.62. The molecule has 2 N–H and O–H groups in total. The number of hydrogen-bond acceptors (Lipinski definition) is 3. The van der Waals surface area contributed by atoms with Crippen LogP contribution in [0.5, 0.6) is 0 Å². The van der Waals surface area contributed by atoms with Gasteiger partial charge >= 0.3 is 0 Å². The molecule has 19 heavy (non-hydrogen) atoms. The Kier molecular flexibility index (Phi) is 4.64. The minimum atomic E-state index is -0.173. The van der Waals surface area contributed by atoms with Crippen LogP contribution >= 0.6 is 11.6 Å². The number of halogens is 1. The van der Waals surface area contributed by atoms with Crippen molar-refractivity contribution >= 4 is 23.3 Å². The zero-order valence-electron chi connectivity index (χ0n) is 11.4. The van der Waals surface area contributed by atoms with Crippen molar-refractivity contribution in [3.63, 3.8) is 0 Å². The molecule has 2 rings (SSSR count). The molecule has 0 bridgehead atoms. The molecule has 2 unspecified atom stereocenters. The Balaban J connectivity index is 2.00. The third-order valence-electron chi connectivity index (χ3n) is 3.32. The van der Waals surface area contributed by atoms with Crippen molar-refractivity contribution in [3.05, 3.63) is 22.8 Å². The van der Waals surface area contributed by atoms with E-state index in [1.165, 1.54) is 6.42 Å². The van der Waals surface area contributed by atoms with Crippen LogP contribution in [0.15, 0.2) is 12.1 Å². The first kappa shape index (κ1) is 14.1. The van der Waals surface area contributed by atoms with E-state index in [2.05, 4.69) is 22.5 Å². The highest BCUT2D eigenvalue weighted by atomic mass is 35.5. The predicted molar refractivity (Wildman–Crippen MR) is 77.7 cm³/mol. The van der Waals surface area contributed by atoms with E-state index in [-0.39, 0.29) is 5.91 Å². The summed E-state index contributed by atoms with van der Waals surface area (Å²) >= 11 is 6.04. The maximum atomic E-state index is 12.1. The largest absolute Gasteiger partial charge is 0.370 e. The van der Waals surface area contributed by atoms with Gasteiger partial charge in [0.25, 0.3) is 5.91 Å². The molecule has 1 aliphatic carbocycles. The molecule has 1 amide bonds. The number of carbonyl (C=O) groups is 1. The van der Waals surface area contributed by atoms with Crippen LogP contribution in [-0.2, 0) is 0 Å². The van der Waals surface area contributed by atoms with Crippen LogP contribution in [0.2, 0.25) is 5.02 Å². The second-order valence-electron chi connectivity index (χ2n) is 4.92. The van der Waals surface area contributed by atoms with Gasteiger partial charge in [0.2, 0.25) is 0 Å². The standard InChI is InChI=1S/C14H20ClN3O/c1-3-5-9-8-11(9)17-14(19)13-10(15)6-7-12(18-13)16-4-2/h6-7,9,11H,3-5,8H2,1-2H3,(H,16,18)(H,17,19). The van der Waals surface area contributed by atoms with E-state index in [0.717, 1.165) is 19.4 Å². The summed E-state index contributed by atoms with van der Waals surface area (Å²) in [5.74, 6) is 1.14. The molecule has 0 aliphatic heterocycles. The normalized spacial score (nSPS) is 21.0. The number of pyridine rings is 1. The van der Waals surface area contributed by atoms with Crippen molar-refractivity contribution in [2.24, 2.45) is 5.92 Å². The third kappa shape index (κ3) is 3.60. The number of hydrogen-bond donors (Lipinski definition) is 2. The van der Waals surface area contributed by atoms with Gasteiger partial charge in [-0.25, -0.2) is 4.98 Å². The summed E-state index contributed by atoms with van der Waals surface area (Å²) < 4.78 is 0. The Labute approximate surface area is 118 Å². The minimum Gasteiger partial charge on any atom is -0.370 e. The Bertz CT molecular complexity index is 464. The van der Waals surface area contributed by atoms with E-state index >= 15 is 0 Å². The van der Waals surface area contributed by atoms with Crippen molar-refractivity contribution < 1.29 is 4.79 Å². The van der Waals surface area contributed by atoms with E-state index in [0.29, 0.717) is 28.5 Å². The first-order valence-corrected chi connectivity index (χ1v) is 7.24. The van der Waals surface area contributed by atoms with Gasteiger partial charge in [-0.3, -0.25) is 4.79 Å². The minimum absolute atomic E-state index is 0.173. The number of anilines is 1. The van der Waals surface area contributed by atoms with Crippen LogP contribution in [0.3, 0.4) is 0 Å². The summed E-state index contributed by atoms with van der Waals surface area (Å²) in [6.07, 6.45) is 3.40. The SMILES string of the molecule is CCCC1CC1NC(=O)c1nc(NCC)ccc1Cl. The number of nitrogens with zero attached hydrogens (tertiary/aromatic N) is 1. The molecule has 0 saturated heterocycles. The zero-order chi connectivity index (χ0) is 13.8. The highest BCUT2D eigenvalue weighted by Crippen LogP contribution is 2.34. The molecule has 5 heteroatoms. The first-order chi connectivity index (χ1) is 9.15. The van der Waals surface area contributed by atoms with Gasteiger partial charge in [0.15, 0.2) is 0 Å². The number of nitrogens with one attached hydrogen (secondary N) is 2. The van der Waals surface area contributed by atoms with Crippen LogP contribution in [0.4, 0.5) is 5.82 Å². The summed E-state index contributed by atoms with van der Waals surface area (Å²) in [6, 6.07) is 3.78. The smallest absolute Gasteiger partial charge is 0.271 e. The van der Waals surface area contributed by atoms with E-state index in [9.17, 15) is 4.79 Å². The first-order valence-electron chi connectivity index (χ1n) is 6.87. The Morgan fingerprint density at radius 2 is 2.26 bits per heavy atom. The fourth-order valence-corrected chi connectivity index (χ4v) is 2.42. The molecule has 1 aromatic heterocycles. The van der Waals surface area contributed by atoms with Crippen molar-refractivity contribution in [2.45, 2.75) is 39.2 Å². The number of aromatic nitrogens is 1. The lowest BCUT2D eigenvalue weighted by atomic mass is 10.2. The van der Waals surface area contributed by atoms with Crippen LogP contribution in [-0.4, -0.2) is 23.5 Å². The molecule has 1 aromatic rings. The molecule has 104 valence electrons. The molecule has 2 atom stereocenters. The molecule has 1 heterocycles. The fraction of sp³-hybridized carbons (Fsp3) is 0.571. The van der Waals surface area contributed by atoms with E-state index in [1.807, 2.05) is 6.92 Å². The van der Waals surface area contributed by atoms with Crippen LogP contribution in [0.1, 0.15) is 43.6 Å². The molecule has 0 aromatic carbocycles. The number of carbonyl (C=O) groups excluding carboxylic acids is 1. The molecular formula is C14H20ClN3O. The quantitative estimate of drug-likeness (QED) is 0.842. The molecule has 0 radical (unpaired) electrons. The summed E-state index contributed by atoms with van der Waals surface area (Å²) in [5, 5.41) is 6.48. The van der Waals surface area contributed by atoms with Gasteiger partial charge in [-0.15, -0.1) is 0 Å². The van der Waals surface area contributed by atoms with Crippen LogP contribution in [0, 0.1) is 5.92 Å². The van der Waals surface area contributed by atoms with E-state index in [4.69, 9.17) is 11.6 Å². The summed E-state index contributed by atoms with van der Waals surface area (Å²) in [5.41, 5.74) is 0.308.